The first-order chi connectivity index (χ1) is 16.5. The third-order valence-corrected chi connectivity index (χ3v) is 5.81. The first kappa shape index (κ1) is 26.6. The van der Waals surface area contributed by atoms with Crippen LogP contribution in [0.15, 0.2) is 36.4 Å². The number of anilines is 2. The highest BCUT2D eigenvalue weighted by atomic mass is 35.5. The Labute approximate surface area is 211 Å². The van der Waals surface area contributed by atoms with Gasteiger partial charge in [0.1, 0.15) is 17.8 Å². The summed E-state index contributed by atoms with van der Waals surface area (Å²) in [6.07, 6.45) is -0.386. The van der Waals surface area contributed by atoms with Gasteiger partial charge in [0.2, 0.25) is 0 Å². The maximum Gasteiger partial charge on any atom is 0.410 e. The van der Waals surface area contributed by atoms with Gasteiger partial charge in [-0.05, 0) is 50.5 Å². The van der Waals surface area contributed by atoms with Crippen LogP contribution >= 0.6 is 11.6 Å². The summed E-state index contributed by atoms with van der Waals surface area (Å²) in [7, 11) is 0. The molecular weight excluding hydrogens is 470 g/mol. The molecule has 1 atom stereocenters. The van der Waals surface area contributed by atoms with E-state index >= 15 is 0 Å². The molecule has 2 aromatic carbocycles. The summed E-state index contributed by atoms with van der Waals surface area (Å²) < 4.78 is 11.4. The second-order valence-electron chi connectivity index (χ2n) is 9.86. The van der Waals surface area contributed by atoms with E-state index in [2.05, 4.69) is 24.5 Å². The summed E-state index contributed by atoms with van der Waals surface area (Å²) >= 11 is 6.38. The van der Waals surface area contributed by atoms with Gasteiger partial charge in [-0.3, -0.25) is 0 Å². The van der Waals surface area contributed by atoms with Crippen LogP contribution in [-0.2, 0) is 4.74 Å². The molecule has 9 heteroatoms. The standard InChI is InChI=1S/C26H34ClN3O5/c1-16(2)18-8-6-7-9-20(18)29-21-11-10-19(27)23(22(21)24(31)32)34-15-17-14-30(13-12-28-17)25(33)35-26(3,4)5/h6-11,16-17,28-29H,12-15H2,1-5H3,(H,31,32). The van der Waals surface area contributed by atoms with Crippen molar-refractivity contribution in [1.29, 1.82) is 0 Å². The highest BCUT2D eigenvalue weighted by Crippen LogP contribution is 2.37. The number of amides is 1. The Hall–Kier alpha value is -2.97. The highest BCUT2D eigenvalue weighted by molar-refractivity contribution is 6.33. The van der Waals surface area contributed by atoms with Gasteiger partial charge in [-0.25, -0.2) is 9.59 Å². The van der Waals surface area contributed by atoms with Gasteiger partial charge in [-0.2, -0.15) is 0 Å². The van der Waals surface area contributed by atoms with Crippen LogP contribution in [0.5, 0.6) is 5.75 Å². The van der Waals surface area contributed by atoms with Gasteiger partial charge in [-0.1, -0.05) is 43.6 Å². The van der Waals surface area contributed by atoms with Crippen molar-refractivity contribution in [2.24, 2.45) is 0 Å². The number of aromatic carboxylic acids is 1. The fraction of sp³-hybridized carbons (Fsp3) is 0.462. The monoisotopic (exact) mass is 503 g/mol. The Morgan fingerprint density at radius 2 is 1.91 bits per heavy atom. The number of para-hydroxylation sites is 1. The number of halogens is 1. The predicted octanol–water partition coefficient (Wildman–Crippen LogP) is 5.49. The molecule has 0 saturated carbocycles. The Kier molecular flexibility index (Phi) is 8.51. The van der Waals surface area contributed by atoms with Gasteiger partial charge < -0.3 is 30.1 Å². The smallest absolute Gasteiger partial charge is 0.410 e. The molecule has 1 aliphatic heterocycles. The first-order valence-corrected chi connectivity index (χ1v) is 12.1. The number of ether oxygens (including phenoxy) is 2. The second-order valence-corrected chi connectivity index (χ2v) is 10.3. The van der Waals surface area contributed by atoms with E-state index in [4.69, 9.17) is 21.1 Å². The summed E-state index contributed by atoms with van der Waals surface area (Å²) in [6, 6.07) is 10.8. The van der Waals surface area contributed by atoms with Crippen molar-refractivity contribution in [3.8, 4) is 5.75 Å². The van der Waals surface area contributed by atoms with E-state index in [9.17, 15) is 14.7 Å². The maximum absolute atomic E-state index is 12.5. The number of hydrogen-bond acceptors (Lipinski definition) is 6. The van der Waals surface area contributed by atoms with E-state index in [0.29, 0.717) is 25.3 Å². The van der Waals surface area contributed by atoms with Gasteiger partial charge >= 0.3 is 12.1 Å². The number of nitrogens with zero attached hydrogens (tertiary/aromatic N) is 1. The average Bonchev–Trinajstić information content (AvgIpc) is 2.78. The van der Waals surface area contributed by atoms with E-state index in [1.807, 2.05) is 45.0 Å². The minimum absolute atomic E-state index is 0.0455. The molecule has 2 aromatic rings. The number of carbonyl (C=O) groups is 2. The molecule has 0 aromatic heterocycles. The van der Waals surface area contributed by atoms with E-state index in [0.717, 1.165) is 11.3 Å². The maximum atomic E-state index is 12.5. The van der Waals surface area contributed by atoms with Crippen LogP contribution in [0.1, 0.15) is 56.5 Å². The number of carboxylic acid groups (broad SMARTS) is 1. The molecule has 0 radical (unpaired) electrons. The van der Waals surface area contributed by atoms with Gasteiger partial charge in [0.05, 0.1) is 16.8 Å². The lowest BCUT2D eigenvalue weighted by atomic mass is 10.0. The molecule has 35 heavy (non-hydrogen) atoms. The van der Waals surface area contributed by atoms with Crippen molar-refractivity contribution < 1.29 is 24.2 Å². The molecule has 1 amide bonds. The molecule has 3 rings (SSSR count). The zero-order valence-electron chi connectivity index (χ0n) is 20.9. The summed E-state index contributed by atoms with van der Waals surface area (Å²) in [5.41, 5.74) is 1.64. The van der Waals surface area contributed by atoms with Gasteiger partial charge in [0.25, 0.3) is 0 Å². The van der Waals surface area contributed by atoms with Crippen molar-refractivity contribution in [3.05, 3.63) is 52.5 Å². The molecule has 1 fully saturated rings. The number of hydrogen-bond donors (Lipinski definition) is 3. The fourth-order valence-corrected chi connectivity index (χ4v) is 4.10. The molecule has 0 bridgehead atoms. The minimum atomic E-state index is -1.15. The van der Waals surface area contributed by atoms with Crippen molar-refractivity contribution in [1.82, 2.24) is 10.2 Å². The van der Waals surface area contributed by atoms with E-state index in [1.54, 1.807) is 17.0 Å². The zero-order valence-corrected chi connectivity index (χ0v) is 21.6. The molecular formula is C26H34ClN3O5. The van der Waals surface area contributed by atoms with Gasteiger partial charge in [-0.15, -0.1) is 0 Å². The summed E-state index contributed by atoms with van der Waals surface area (Å²) in [5, 5.41) is 16.8. The lowest BCUT2D eigenvalue weighted by molar-refractivity contribution is 0.0178. The van der Waals surface area contributed by atoms with Crippen LogP contribution in [0.4, 0.5) is 16.2 Å². The Morgan fingerprint density at radius 1 is 1.20 bits per heavy atom. The number of nitrogens with one attached hydrogen (secondary N) is 2. The van der Waals surface area contributed by atoms with Gasteiger partial charge in [0, 0.05) is 25.3 Å². The molecule has 1 saturated heterocycles. The lowest BCUT2D eigenvalue weighted by Crippen LogP contribution is -2.55. The second kappa shape index (κ2) is 11.2. The summed E-state index contributed by atoms with van der Waals surface area (Å²) in [4.78, 5) is 26.3. The molecule has 1 aliphatic rings. The van der Waals surface area contributed by atoms with Crippen LogP contribution in [0, 0.1) is 0 Å². The van der Waals surface area contributed by atoms with Crippen LogP contribution in [0.3, 0.4) is 0 Å². The molecule has 1 heterocycles. The number of carboxylic acids is 1. The summed E-state index contributed by atoms with van der Waals surface area (Å²) in [6.45, 7) is 11.2. The molecule has 190 valence electrons. The van der Waals surface area contributed by atoms with Crippen molar-refractivity contribution in [2.75, 3.05) is 31.6 Å². The van der Waals surface area contributed by atoms with E-state index in [1.165, 1.54) is 0 Å². The fourth-order valence-electron chi connectivity index (χ4n) is 3.89. The van der Waals surface area contributed by atoms with E-state index < -0.39 is 11.6 Å². The highest BCUT2D eigenvalue weighted by Gasteiger charge is 2.29. The van der Waals surface area contributed by atoms with E-state index in [-0.39, 0.29) is 41.0 Å². The van der Waals surface area contributed by atoms with Crippen molar-refractivity contribution in [2.45, 2.75) is 52.2 Å². The lowest BCUT2D eigenvalue weighted by Gasteiger charge is -2.34. The van der Waals surface area contributed by atoms with Crippen molar-refractivity contribution in [3.63, 3.8) is 0 Å². The van der Waals surface area contributed by atoms with Gasteiger partial charge in [0.15, 0.2) is 5.75 Å². The first-order valence-electron chi connectivity index (χ1n) is 11.7. The average molecular weight is 504 g/mol. The largest absolute Gasteiger partial charge is 0.489 e. The minimum Gasteiger partial charge on any atom is -0.489 e. The van der Waals surface area contributed by atoms with Crippen LogP contribution in [-0.4, -0.2) is 60.0 Å². The van der Waals surface area contributed by atoms with Crippen molar-refractivity contribution >= 4 is 35.0 Å². The third kappa shape index (κ3) is 7.02. The molecule has 0 aliphatic carbocycles. The summed E-state index contributed by atoms with van der Waals surface area (Å²) in [5.74, 6) is -0.818. The Bertz CT molecular complexity index is 1070. The number of rotatable bonds is 7. The van der Waals surface area contributed by atoms with Crippen LogP contribution < -0.4 is 15.4 Å². The number of carbonyl (C=O) groups excluding carboxylic acids is 1. The number of piperazine rings is 1. The quantitative estimate of drug-likeness (QED) is 0.459. The third-order valence-electron chi connectivity index (χ3n) is 5.51. The predicted molar refractivity (Wildman–Crippen MR) is 137 cm³/mol. The Morgan fingerprint density at radius 3 is 2.57 bits per heavy atom. The Balaban J connectivity index is 1.79. The molecule has 1 unspecified atom stereocenters. The zero-order chi connectivity index (χ0) is 25.8. The topological polar surface area (TPSA) is 100 Å². The normalized spacial score (nSPS) is 16.2. The van der Waals surface area contributed by atoms with Crippen LogP contribution in [0.25, 0.3) is 0 Å². The number of benzene rings is 2. The SMILES string of the molecule is CC(C)c1ccccc1Nc1ccc(Cl)c(OCC2CN(C(=O)OC(C)(C)C)CCN2)c1C(=O)O. The van der Waals surface area contributed by atoms with Crippen LogP contribution in [0.2, 0.25) is 5.02 Å². The molecule has 3 N–H and O–H groups in total. The molecule has 8 nitrogen and oxygen atoms in total. The molecule has 0 spiro atoms.